The zero-order chi connectivity index (χ0) is 16.5. The van der Waals surface area contributed by atoms with Crippen LogP contribution >= 0.6 is 0 Å². The van der Waals surface area contributed by atoms with Crippen molar-refractivity contribution in [1.82, 2.24) is 0 Å². The second-order valence-electron chi connectivity index (χ2n) is 4.57. The van der Waals surface area contributed by atoms with Crippen LogP contribution in [0, 0.1) is 12.7 Å². The molecule has 0 spiro atoms. The van der Waals surface area contributed by atoms with Gasteiger partial charge >= 0.3 is 6.18 Å². The summed E-state index contributed by atoms with van der Waals surface area (Å²) in [5, 5.41) is 0. The summed E-state index contributed by atoms with van der Waals surface area (Å²) < 4.78 is 72.9. The molecule has 0 fully saturated rings. The fraction of sp³-hybridized carbons (Fsp3) is 0.143. The third-order valence-corrected chi connectivity index (χ3v) is 3.43. The Labute approximate surface area is 126 Å². The molecule has 118 valence electrons. The van der Waals surface area contributed by atoms with Crippen LogP contribution < -0.4 is 4.72 Å². The smallest absolute Gasteiger partial charge is 0.289 e. The van der Waals surface area contributed by atoms with Crippen LogP contribution in [0.5, 0.6) is 0 Å². The molecule has 2 aromatic rings. The molecular formula is C14H11F4NO2S. The Morgan fingerprint density at radius 1 is 1.09 bits per heavy atom. The predicted molar refractivity (Wildman–Crippen MR) is 76.0 cm³/mol. The number of hydrogen-bond donors (Lipinski definition) is 2. The van der Waals surface area contributed by atoms with E-state index in [9.17, 15) is 21.8 Å². The summed E-state index contributed by atoms with van der Waals surface area (Å²) in [6.07, 6.45) is -4.74. The minimum atomic E-state index is -4.74. The van der Waals surface area contributed by atoms with Crippen LogP contribution in [0.25, 0.3) is 11.1 Å². The summed E-state index contributed by atoms with van der Waals surface area (Å²) in [7, 11) is 0. The van der Waals surface area contributed by atoms with E-state index in [0.717, 1.165) is 6.07 Å². The van der Waals surface area contributed by atoms with E-state index in [2.05, 4.69) is 4.72 Å². The summed E-state index contributed by atoms with van der Waals surface area (Å²) in [5.74, 6) is -1.35. The van der Waals surface area contributed by atoms with Crippen molar-refractivity contribution in [2.75, 3.05) is 4.72 Å². The molecule has 22 heavy (non-hydrogen) atoms. The fourth-order valence-electron chi connectivity index (χ4n) is 1.98. The van der Waals surface area contributed by atoms with Crippen LogP contribution in [0.3, 0.4) is 0 Å². The maximum atomic E-state index is 13.6. The maximum absolute atomic E-state index is 13.6. The molecular weight excluding hydrogens is 322 g/mol. The first-order valence-corrected chi connectivity index (χ1v) is 7.14. The largest absolute Gasteiger partial charge is 0.419 e. The number of halogens is 4. The fourth-order valence-corrected chi connectivity index (χ4v) is 2.39. The highest BCUT2D eigenvalue weighted by atomic mass is 32.2. The Kier molecular flexibility index (Phi) is 4.52. The van der Waals surface area contributed by atoms with Crippen molar-refractivity contribution in [2.45, 2.75) is 13.1 Å². The van der Waals surface area contributed by atoms with Crippen molar-refractivity contribution >= 4 is 17.0 Å². The Morgan fingerprint density at radius 2 is 1.68 bits per heavy atom. The molecule has 0 heterocycles. The lowest BCUT2D eigenvalue weighted by Crippen LogP contribution is -2.07. The highest BCUT2D eigenvalue weighted by Gasteiger charge is 2.33. The molecule has 0 saturated carbocycles. The zero-order valence-electron chi connectivity index (χ0n) is 11.2. The maximum Gasteiger partial charge on any atom is 0.419 e. The molecule has 8 heteroatoms. The van der Waals surface area contributed by atoms with Gasteiger partial charge < -0.3 is 0 Å². The standard InChI is InChI=1S/C14H11F4NO2S/c1-8-6-9(3-5-13(8)19-22(20)21)10-2-4-11(12(15)7-10)14(16,17)18/h2-7,19H,1H3,(H,20,21). The van der Waals surface area contributed by atoms with Gasteiger partial charge in [0, 0.05) is 0 Å². The van der Waals surface area contributed by atoms with Gasteiger partial charge in [-0.1, -0.05) is 12.1 Å². The molecule has 2 rings (SSSR count). The molecule has 0 amide bonds. The molecule has 2 aromatic carbocycles. The van der Waals surface area contributed by atoms with Crippen LogP contribution in [0.15, 0.2) is 36.4 Å². The lowest BCUT2D eigenvalue weighted by atomic mass is 10.0. The Bertz CT molecular complexity index is 731. The van der Waals surface area contributed by atoms with Gasteiger partial charge in [0.15, 0.2) is 0 Å². The number of hydrogen-bond acceptors (Lipinski definition) is 1. The van der Waals surface area contributed by atoms with Crippen molar-refractivity contribution in [3.63, 3.8) is 0 Å². The van der Waals surface area contributed by atoms with Gasteiger partial charge in [-0.05, 0) is 47.9 Å². The number of alkyl halides is 3. The summed E-state index contributed by atoms with van der Waals surface area (Å²) in [4.78, 5) is 0. The molecule has 1 unspecified atom stereocenters. The first-order valence-electron chi connectivity index (χ1n) is 6.04. The van der Waals surface area contributed by atoms with Crippen molar-refractivity contribution in [3.8, 4) is 11.1 Å². The Morgan fingerprint density at radius 3 is 2.18 bits per heavy atom. The highest BCUT2D eigenvalue weighted by molar-refractivity contribution is 7.80. The minimum Gasteiger partial charge on any atom is -0.289 e. The van der Waals surface area contributed by atoms with Gasteiger partial charge in [0.25, 0.3) is 11.3 Å². The highest BCUT2D eigenvalue weighted by Crippen LogP contribution is 2.34. The van der Waals surface area contributed by atoms with E-state index in [-0.39, 0.29) is 5.56 Å². The second kappa shape index (κ2) is 6.05. The second-order valence-corrected chi connectivity index (χ2v) is 5.28. The summed E-state index contributed by atoms with van der Waals surface area (Å²) in [6.45, 7) is 1.65. The van der Waals surface area contributed by atoms with E-state index in [1.807, 2.05) is 0 Å². The molecule has 2 N–H and O–H groups in total. The molecule has 0 aliphatic heterocycles. The van der Waals surface area contributed by atoms with Gasteiger partial charge in [0.2, 0.25) is 0 Å². The summed E-state index contributed by atoms with van der Waals surface area (Å²) in [5.41, 5.74) is 0.462. The summed E-state index contributed by atoms with van der Waals surface area (Å²) >= 11 is -2.23. The number of rotatable bonds is 3. The third-order valence-electron chi connectivity index (χ3n) is 3.03. The van der Waals surface area contributed by atoms with Gasteiger partial charge in [-0.2, -0.15) is 13.2 Å². The monoisotopic (exact) mass is 333 g/mol. The first kappa shape index (κ1) is 16.4. The minimum absolute atomic E-state index is 0.283. The molecule has 0 bridgehead atoms. The van der Waals surface area contributed by atoms with E-state index in [1.54, 1.807) is 13.0 Å². The van der Waals surface area contributed by atoms with Crippen molar-refractivity contribution in [1.29, 1.82) is 0 Å². The lowest BCUT2D eigenvalue weighted by Gasteiger charge is -2.11. The van der Waals surface area contributed by atoms with Gasteiger partial charge in [-0.25, -0.2) is 8.60 Å². The van der Waals surface area contributed by atoms with Crippen LogP contribution in [-0.4, -0.2) is 8.76 Å². The number of aryl methyl sites for hydroxylation is 1. The molecule has 0 aliphatic rings. The molecule has 0 aromatic heterocycles. The van der Waals surface area contributed by atoms with Crippen molar-refractivity contribution in [2.24, 2.45) is 0 Å². The molecule has 3 nitrogen and oxygen atoms in total. The molecule has 0 aliphatic carbocycles. The topological polar surface area (TPSA) is 49.3 Å². The van der Waals surface area contributed by atoms with Crippen molar-refractivity contribution in [3.05, 3.63) is 53.3 Å². The van der Waals surface area contributed by atoms with E-state index in [0.29, 0.717) is 22.9 Å². The van der Waals surface area contributed by atoms with Gasteiger partial charge in [-0.15, -0.1) is 0 Å². The predicted octanol–water partition coefficient (Wildman–Crippen LogP) is 4.37. The van der Waals surface area contributed by atoms with Crippen molar-refractivity contribution < 1.29 is 26.3 Å². The lowest BCUT2D eigenvalue weighted by molar-refractivity contribution is -0.139. The van der Waals surface area contributed by atoms with Crippen LogP contribution in [0.2, 0.25) is 0 Å². The first-order chi connectivity index (χ1) is 10.2. The van der Waals surface area contributed by atoms with E-state index >= 15 is 0 Å². The van der Waals surface area contributed by atoms with E-state index in [1.165, 1.54) is 18.2 Å². The van der Waals surface area contributed by atoms with E-state index in [4.69, 9.17) is 4.55 Å². The number of benzene rings is 2. The zero-order valence-corrected chi connectivity index (χ0v) is 12.1. The van der Waals surface area contributed by atoms with E-state index < -0.39 is 28.8 Å². The quantitative estimate of drug-likeness (QED) is 0.647. The SMILES string of the molecule is Cc1cc(-c2ccc(C(F)(F)F)c(F)c2)ccc1NS(=O)O. The molecule has 1 atom stereocenters. The van der Waals surface area contributed by atoms with Gasteiger partial charge in [-0.3, -0.25) is 9.27 Å². The van der Waals surface area contributed by atoms with Crippen LogP contribution in [0.1, 0.15) is 11.1 Å². The molecule has 0 radical (unpaired) electrons. The number of anilines is 1. The Balaban J connectivity index is 2.39. The summed E-state index contributed by atoms with van der Waals surface area (Å²) in [6, 6.07) is 7.28. The molecule has 0 saturated heterocycles. The Hall–Kier alpha value is -1.93. The van der Waals surface area contributed by atoms with Gasteiger partial charge in [0.05, 0.1) is 11.3 Å². The van der Waals surface area contributed by atoms with Gasteiger partial charge in [0.1, 0.15) is 5.82 Å². The average Bonchev–Trinajstić information content (AvgIpc) is 2.39. The third kappa shape index (κ3) is 3.63. The number of nitrogens with one attached hydrogen (secondary N) is 1. The normalized spacial score (nSPS) is 13.0. The average molecular weight is 333 g/mol. The van der Waals surface area contributed by atoms with Crippen LogP contribution in [0.4, 0.5) is 23.2 Å². The van der Waals surface area contributed by atoms with Crippen LogP contribution in [-0.2, 0) is 17.4 Å².